The molecule has 0 radical (unpaired) electrons. The van der Waals surface area contributed by atoms with Crippen LogP contribution in [0.5, 0.6) is 0 Å². The maximum atomic E-state index is 13.3. The number of ether oxygens (including phenoxy) is 1. The van der Waals surface area contributed by atoms with Crippen LogP contribution in [0, 0.1) is 11.8 Å². The number of fused-ring (bicyclic) bond motifs is 1. The predicted molar refractivity (Wildman–Crippen MR) is 139 cm³/mol. The number of carboxylic acids is 1. The van der Waals surface area contributed by atoms with Gasteiger partial charge in [0.1, 0.15) is 5.69 Å². The molecule has 4 N–H and O–H groups in total. The molecule has 1 aromatic carbocycles. The van der Waals surface area contributed by atoms with Crippen molar-refractivity contribution in [2.75, 3.05) is 32.8 Å². The molecule has 2 aromatic rings. The highest BCUT2D eigenvalue weighted by Crippen LogP contribution is 2.40. The van der Waals surface area contributed by atoms with Gasteiger partial charge in [0.05, 0.1) is 18.1 Å². The molecule has 1 atom stereocenters. The number of carboxylic acid groups (broad SMARTS) is 1. The predicted octanol–water partition coefficient (Wildman–Crippen LogP) is 5.36. The van der Waals surface area contributed by atoms with Gasteiger partial charge >= 0.3 is 11.9 Å². The lowest BCUT2D eigenvalue weighted by Gasteiger charge is -2.25. The number of carbonyl (C=O) groups is 2. The number of hydrogen-bond donors (Lipinski definition) is 4. The molecule has 7 nitrogen and oxygen atoms in total. The van der Waals surface area contributed by atoms with Gasteiger partial charge in [0.25, 0.3) is 0 Å². The number of H-pyrrole nitrogens is 1. The third-order valence-corrected chi connectivity index (χ3v) is 8.00. The summed E-state index contributed by atoms with van der Waals surface area (Å²) in [6.07, 6.45) is 6.64. The molecule has 2 aliphatic rings. The lowest BCUT2D eigenvalue weighted by Crippen LogP contribution is -2.28. The lowest BCUT2D eigenvalue weighted by molar-refractivity contribution is -0.137. The fourth-order valence-electron chi connectivity index (χ4n) is 5.57. The summed E-state index contributed by atoms with van der Waals surface area (Å²) in [6, 6.07) is 3.36. The molecule has 1 unspecified atom stereocenters. The molecular weight excluding hydrogens is 489 g/mol. The van der Waals surface area contributed by atoms with Crippen LogP contribution in [0.3, 0.4) is 0 Å². The van der Waals surface area contributed by atoms with Crippen molar-refractivity contribution < 1.29 is 19.4 Å². The second kappa shape index (κ2) is 12.4. The molecule has 0 spiro atoms. The first kappa shape index (κ1) is 26.3. The zero-order valence-electron chi connectivity index (χ0n) is 20.0. The summed E-state index contributed by atoms with van der Waals surface area (Å²) < 4.78 is 5.70. The van der Waals surface area contributed by atoms with Crippen LogP contribution >= 0.6 is 23.2 Å². The SMILES string of the molecule is O=C(O)CC(CCC1CCNCC1)c1c(C(=O)OCCC2CCNCC2)[nH]c2cc(Cl)cc(Cl)c12. The van der Waals surface area contributed by atoms with Gasteiger partial charge in [-0.2, -0.15) is 0 Å². The first-order valence-corrected chi connectivity index (χ1v) is 13.5. The Kier molecular flexibility index (Phi) is 9.34. The van der Waals surface area contributed by atoms with E-state index < -0.39 is 11.9 Å². The first-order chi connectivity index (χ1) is 16.9. The molecule has 9 heteroatoms. The molecule has 0 aliphatic carbocycles. The van der Waals surface area contributed by atoms with Crippen LogP contribution in [0.25, 0.3) is 10.9 Å². The van der Waals surface area contributed by atoms with Gasteiger partial charge < -0.3 is 25.5 Å². The minimum atomic E-state index is -0.898. The lowest BCUT2D eigenvalue weighted by atomic mass is 9.84. The minimum Gasteiger partial charge on any atom is -0.481 e. The smallest absolute Gasteiger partial charge is 0.355 e. The number of rotatable bonds is 10. The average molecular weight is 524 g/mol. The van der Waals surface area contributed by atoms with Gasteiger partial charge in [-0.15, -0.1) is 0 Å². The van der Waals surface area contributed by atoms with E-state index in [1.54, 1.807) is 12.1 Å². The maximum absolute atomic E-state index is 13.3. The standard InChI is InChI=1S/C26H35Cl2N3O4/c27-19-14-20(28)24-21(15-19)31-25(26(34)35-12-7-17-5-10-30-11-6-17)23(24)18(13-22(32)33)2-1-16-3-8-29-9-4-16/h14-18,29-31H,1-13H2,(H,32,33). The summed E-state index contributed by atoms with van der Waals surface area (Å²) in [6.45, 7) is 4.31. The Labute approximate surface area is 216 Å². The van der Waals surface area contributed by atoms with Crippen molar-refractivity contribution in [2.24, 2.45) is 11.8 Å². The topological polar surface area (TPSA) is 103 Å². The number of benzene rings is 1. The van der Waals surface area contributed by atoms with Crippen LogP contribution in [0.15, 0.2) is 12.1 Å². The fraction of sp³-hybridized carbons (Fsp3) is 0.615. The van der Waals surface area contributed by atoms with Gasteiger partial charge in [-0.25, -0.2) is 4.79 Å². The van der Waals surface area contributed by atoms with E-state index in [-0.39, 0.29) is 12.3 Å². The van der Waals surface area contributed by atoms with E-state index >= 15 is 0 Å². The molecule has 3 heterocycles. The number of esters is 1. The van der Waals surface area contributed by atoms with E-state index in [1.807, 2.05) is 0 Å². The average Bonchev–Trinajstić information content (AvgIpc) is 3.22. The minimum absolute atomic E-state index is 0.0772. The highest BCUT2D eigenvalue weighted by atomic mass is 35.5. The molecule has 35 heavy (non-hydrogen) atoms. The monoisotopic (exact) mass is 523 g/mol. The largest absolute Gasteiger partial charge is 0.481 e. The van der Waals surface area contributed by atoms with Gasteiger partial charge in [0.2, 0.25) is 0 Å². The van der Waals surface area contributed by atoms with Gasteiger partial charge in [-0.1, -0.05) is 23.2 Å². The number of aromatic nitrogens is 1. The van der Waals surface area contributed by atoms with Gasteiger partial charge in [-0.05, 0) is 107 Å². The van der Waals surface area contributed by atoms with Crippen molar-refractivity contribution in [1.82, 2.24) is 15.6 Å². The normalized spacial score (nSPS) is 18.6. The molecule has 192 valence electrons. The number of piperidine rings is 2. The number of aliphatic carboxylic acids is 1. The number of halogens is 2. The third-order valence-electron chi connectivity index (χ3n) is 7.49. The Morgan fingerprint density at radius 3 is 2.26 bits per heavy atom. The Morgan fingerprint density at radius 2 is 1.63 bits per heavy atom. The van der Waals surface area contributed by atoms with Crippen molar-refractivity contribution in [3.05, 3.63) is 33.4 Å². The molecular formula is C26H35Cl2N3O4. The Bertz CT molecular complexity index is 1030. The first-order valence-electron chi connectivity index (χ1n) is 12.7. The zero-order chi connectivity index (χ0) is 24.8. The second-order valence-corrected chi connectivity index (χ2v) is 10.8. The number of hydrogen-bond acceptors (Lipinski definition) is 5. The van der Waals surface area contributed by atoms with E-state index in [4.69, 9.17) is 27.9 Å². The van der Waals surface area contributed by atoms with Crippen LogP contribution in [0.2, 0.25) is 10.0 Å². The van der Waals surface area contributed by atoms with Crippen molar-refractivity contribution in [3.63, 3.8) is 0 Å². The van der Waals surface area contributed by atoms with E-state index in [0.29, 0.717) is 57.1 Å². The van der Waals surface area contributed by atoms with Crippen molar-refractivity contribution in [2.45, 2.75) is 57.3 Å². The molecule has 2 saturated heterocycles. The second-order valence-electron chi connectivity index (χ2n) is 9.91. The Balaban J connectivity index is 1.59. The summed E-state index contributed by atoms with van der Waals surface area (Å²) in [7, 11) is 0. The number of nitrogens with one attached hydrogen (secondary N) is 3. The molecule has 2 aliphatic heterocycles. The zero-order valence-corrected chi connectivity index (χ0v) is 21.5. The number of aromatic amines is 1. The molecule has 1 aromatic heterocycles. The summed E-state index contributed by atoms with van der Waals surface area (Å²) in [4.78, 5) is 28.3. The Hall–Kier alpha value is -1.80. The molecule has 4 rings (SSSR count). The quantitative estimate of drug-likeness (QED) is 0.312. The van der Waals surface area contributed by atoms with E-state index in [0.717, 1.165) is 64.7 Å². The molecule has 0 amide bonds. The van der Waals surface area contributed by atoms with Crippen LogP contribution in [0.4, 0.5) is 0 Å². The fourth-order valence-corrected chi connectivity index (χ4v) is 6.16. The van der Waals surface area contributed by atoms with E-state index in [9.17, 15) is 14.7 Å². The summed E-state index contributed by atoms with van der Waals surface area (Å²) in [5.41, 5.74) is 1.57. The highest BCUT2D eigenvalue weighted by Gasteiger charge is 2.30. The highest BCUT2D eigenvalue weighted by molar-refractivity contribution is 6.39. The van der Waals surface area contributed by atoms with Crippen LogP contribution in [-0.2, 0) is 9.53 Å². The number of carbonyl (C=O) groups excluding carboxylic acids is 1. The van der Waals surface area contributed by atoms with Crippen molar-refractivity contribution in [1.29, 1.82) is 0 Å². The molecule has 2 fully saturated rings. The van der Waals surface area contributed by atoms with E-state index in [2.05, 4.69) is 15.6 Å². The Morgan fingerprint density at radius 1 is 1.00 bits per heavy atom. The van der Waals surface area contributed by atoms with Crippen LogP contribution < -0.4 is 10.6 Å². The van der Waals surface area contributed by atoms with Crippen molar-refractivity contribution in [3.8, 4) is 0 Å². The summed E-state index contributed by atoms with van der Waals surface area (Å²) in [5.74, 6) is -0.631. The van der Waals surface area contributed by atoms with Crippen LogP contribution in [0.1, 0.15) is 73.3 Å². The van der Waals surface area contributed by atoms with Gasteiger partial charge in [0, 0.05) is 15.9 Å². The maximum Gasteiger partial charge on any atom is 0.355 e. The summed E-state index contributed by atoms with van der Waals surface area (Å²) >= 11 is 12.8. The summed E-state index contributed by atoms with van der Waals surface area (Å²) in [5, 5.41) is 18.0. The molecule has 0 saturated carbocycles. The third kappa shape index (κ3) is 6.91. The van der Waals surface area contributed by atoms with Crippen molar-refractivity contribution >= 4 is 46.0 Å². The van der Waals surface area contributed by atoms with E-state index in [1.165, 1.54) is 0 Å². The molecule has 0 bridgehead atoms. The van der Waals surface area contributed by atoms with Crippen LogP contribution in [-0.4, -0.2) is 54.8 Å². The van der Waals surface area contributed by atoms with Gasteiger partial charge in [-0.3, -0.25) is 4.79 Å². The van der Waals surface area contributed by atoms with Gasteiger partial charge in [0.15, 0.2) is 0 Å².